The Morgan fingerprint density at radius 1 is 1.21 bits per heavy atom. The van der Waals surface area contributed by atoms with Crippen LogP contribution in [0.3, 0.4) is 0 Å². The van der Waals surface area contributed by atoms with Crippen LogP contribution in [-0.4, -0.2) is 74.0 Å². The molecular weight excluding hydrogens is 491 g/mol. The fraction of sp³-hybridized carbons (Fsp3) is 0.500. The zero-order valence-electron chi connectivity index (χ0n) is 22.0. The lowest BCUT2D eigenvalue weighted by Crippen LogP contribution is -2.49. The number of nitrogens with zero attached hydrogens (tertiary/aromatic N) is 5. The zero-order chi connectivity index (χ0) is 27.1. The van der Waals surface area contributed by atoms with Gasteiger partial charge in [-0.3, -0.25) is 14.5 Å². The molecule has 3 heterocycles. The molecule has 204 valence electrons. The number of hydrogen-bond acceptors (Lipinski definition) is 7. The Morgan fingerprint density at radius 3 is 2.82 bits per heavy atom. The van der Waals surface area contributed by atoms with Gasteiger partial charge in [-0.1, -0.05) is 19.1 Å². The number of aromatic nitrogens is 5. The lowest BCUT2D eigenvalue weighted by molar-refractivity contribution is -0.123. The van der Waals surface area contributed by atoms with Crippen molar-refractivity contribution in [3.8, 4) is 5.75 Å². The minimum Gasteiger partial charge on any atom is -0.491 e. The highest BCUT2D eigenvalue weighted by atomic mass is 19.1. The molecule has 0 radical (unpaired) electrons. The van der Waals surface area contributed by atoms with Gasteiger partial charge in [0.15, 0.2) is 0 Å². The summed E-state index contributed by atoms with van der Waals surface area (Å²) in [6.45, 7) is 8.81. The van der Waals surface area contributed by atoms with Crippen molar-refractivity contribution in [3.05, 3.63) is 59.2 Å². The Balaban J connectivity index is 1.56. The first kappa shape index (κ1) is 27.2. The predicted molar refractivity (Wildman–Crippen MR) is 138 cm³/mol. The van der Waals surface area contributed by atoms with Crippen molar-refractivity contribution in [3.63, 3.8) is 0 Å². The number of ether oxygens (including phenoxy) is 1. The maximum atomic E-state index is 14.1. The van der Waals surface area contributed by atoms with E-state index in [0.29, 0.717) is 45.6 Å². The topological polar surface area (TPSA) is 130 Å². The summed E-state index contributed by atoms with van der Waals surface area (Å²) in [5.74, 6) is -1.04. The number of imidazole rings is 1. The molecule has 0 saturated heterocycles. The number of rotatable bonds is 4. The van der Waals surface area contributed by atoms with Crippen LogP contribution in [0.5, 0.6) is 5.75 Å². The molecule has 0 unspecified atom stereocenters. The largest absolute Gasteiger partial charge is 0.491 e. The van der Waals surface area contributed by atoms with E-state index < -0.39 is 17.8 Å². The summed E-state index contributed by atoms with van der Waals surface area (Å²) >= 11 is 0. The Kier molecular flexibility index (Phi) is 9.06. The number of H-pyrrole nitrogens is 1. The van der Waals surface area contributed by atoms with Gasteiger partial charge in [-0.2, -0.15) is 0 Å². The van der Waals surface area contributed by atoms with Crippen molar-refractivity contribution in [2.75, 3.05) is 26.2 Å². The zero-order valence-corrected chi connectivity index (χ0v) is 22.0. The number of carbonyl (C=O) groups is 2. The Hall–Kier alpha value is -3.80. The first-order valence-electron chi connectivity index (χ1n) is 12.9. The molecule has 11 nitrogen and oxygen atoms in total. The maximum Gasteiger partial charge on any atom is 0.255 e. The average Bonchev–Trinajstić information content (AvgIpc) is 3.50. The van der Waals surface area contributed by atoms with Gasteiger partial charge in [-0.05, 0) is 37.5 Å². The smallest absolute Gasteiger partial charge is 0.255 e. The molecule has 1 aromatic carbocycles. The number of amides is 2. The molecule has 0 aliphatic carbocycles. The van der Waals surface area contributed by atoms with E-state index in [-0.39, 0.29) is 29.7 Å². The number of benzene rings is 1. The molecule has 4 rings (SSSR count). The summed E-state index contributed by atoms with van der Waals surface area (Å²) in [4.78, 5) is 36.0. The summed E-state index contributed by atoms with van der Waals surface area (Å²) in [7, 11) is 0. The normalized spacial score (nSPS) is 18.2. The molecular formula is C26H35FN8O3. The molecule has 1 aliphatic rings. The second-order valence-electron chi connectivity index (χ2n) is 9.91. The third kappa shape index (κ3) is 7.37. The molecule has 2 aromatic heterocycles. The minimum atomic E-state index is -0.774. The van der Waals surface area contributed by atoms with Crippen LogP contribution >= 0.6 is 0 Å². The summed E-state index contributed by atoms with van der Waals surface area (Å²) in [6, 6.07) is 3.00. The van der Waals surface area contributed by atoms with E-state index in [1.54, 1.807) is 11.0 Å². The number of hydrogen-bond donors (Lipinski definition) is 3. The van der Waals surface area contributed by atoms with Crippen LogP contribution in [0.15, 0.2) is 30.7 Å². The van der Waals surface area contributed by atoms with Gasteiger partial charge in [0.25, 0.3) is 5.91 Å². The fourth-order valence-electron chi connectivity index (χ4n) is 4.32. The summed E-state index contributed by atoms with van der Waals surface area (Å²) < 4.78 is 21.6. The Bertz CT molecular complexity index is 1240. The van der Waals surface area contributed by atoms with Crippen molar-refractivity contribution in [1.29, 1.82) is 0 Å². The van der Waals surface area contributed by atoms with E-state index >= 15 is 0 Å². The van der Waals surface area contributed by atoms with Gasteiger partial charge < -0.3 is 20.4 Å². The van der Waals surface area contributed by atoms with E-state index in [9.17, 15) is 14.0 Å². The quantitative estimate of drug-likeness (QED) is 0.473. The van der Waals surface area contributed by atoms with E-state index in [2.05, 4.69) is 35.8 Å². The van der Waals surface area contributed by atoms with E-state index in [0.717, 1.165) is 23.1 Å². The molecule has 0 fully saturated rings. The highest BCUT2D eigenvalue weighted by Gasteiger charge is 2.25. The number of fused-ring (bicyclic) bond motifs is 3. The third-order valence-electron chi connectivity index (χ3n) is 6.40. The number of aryl methyl sites for hydroxylation is 1. The van der Waals surface area contributed by atoms with Crippen LogP contribution in [0.2, 0.25) is 0 Å². The summed E-state index contributed by atoms with van der Waals surface area (Å²) in [5.41, 5.74) is 2.80. The molecule has 3 N–H and O–H groups in total. The first-order valence-corrected chi connectivity index (χ1v) is 12.9. The van der Waals surface area contributed by atoms with Gasteiger partial charge in [0.1, 0.15) is 24.2 Å². The van der Waals surface area contributed by atoms with Crippen molar-refractivity contribution >= 4 is 11.8 Å². The Labute approximate surface area is 221 Å². The molecule has 38 heavy (non-hydrogen) atoms. The third-order valence-corrected chi connectivity index (χ3v) is 6.40. The highest BCUT2D eigenvalue weighted by Crippen LogP contribution is 2.21. The van der Waals surface area contributed by atoms with Gasteiger partial charge in [-0.25, -0.2) is 14.1 Å². The van der Waals surface area contributed by atoms with Gasteiger partial charge in [0.05, 0.1) is 29.8 Å². The first-order chi connectivity index (χ1) is 18.3. The van der Waals surface area contributed by atoms with Crippen molar-refractivity contribution < 1.29 is 18.7 Å². The molecule has 3 aromatic rings. The molecule has 0 saturated carbocycles. The van der Waals surface area contributed by atoms with E-state index in [1.165, 1.54) is 12.1 Å². The monoisotopic (exact) mass is 526 g/mol. The lowest BCUT2D eigenvalue weighted by atomic mass is 10.0. The van der Waals surface area contributed by atoms with Crippen LogP contribution in [0.1, 0.15) is 47.7 Å². The van der Waals surface area contributed by atoms with Crippen molar-refractivity contribution in [2.45, 2.75) is 52.7 Å². The van der Waals surface area contributed by atoms with Crippen LogP contribution in [0.4, 0.5) is 4.39 Å². The fourth-order valence-corrected chi connectivity index (χ4v) is 4.32. The second kappa shape index (κ2) is 12.6. The predicted octanol–water partition coefficient (Wildman–Crippen LogP) is 1.85. The molecule has 2 bridgehead atoms. The number of nitrogens with one attached hydrogen (secondary N) is 3. The standard InChI is InChI=1S/C26H35FN8O3/c1-17(2)12-22-26(37)28-7-9-34(15-23-18(3)29-16-30-23)8-6-20-14-35(33-32-20)10-11-38-24-5-4-19(27)13-21(24)25(36)31-22/h4-5,13-14,16-17,22H,6-12,15H2,1-3H3,(H,28,37)(H,29,30)(H,31,36)/t22-/m1/s1. The molecule has 2 amide bonds. The maximum absolute atomic E-state index is 14.1. The average molecular weight is 527 g/mol. The van der Waals surface area contributed by atoms with E-state index in [4.69, 9.17) is 4.74 Å². The molecule has 0 spiro atoms. The van der Waals surface area contributed by atoms with E-state index in [1.807, 2.05) is 27.0 Å². The number of carbonyl (C=O) groups excluding carboxylic acids is 2. The summed E-state index contributed by atoms with van der Waals surface area (Å²) in [6.07, 6.45) is 4.64. The molecule has 1 aliphatic heterocycles. The van der Waals surface area contributed by atoms with Gasteiger partial charge in [0, 0.05) is 44.5 Å². The molecule has 1 atom stereocenters. The minimum absolute atomic E-state index is 0.0347. The Morgan fingerprint density at radius 2 is 2.05 bits per heavy atom. The number of halogens is 1. The van der Waals surface area contributed by atoms with Crippen LogP contribution in [0.25, 0.3) is 0 Å². The SMILES string of the molecule is Cc1[nH]cnc1CN1CCNC(=O)[C@@H](CC(C)C)NC(=O)c2cc(F)ccc2OCCn2cc(nn2)CC1. The van der Waals surface area contributed by atoms with Crippen LogP contribution in [0, 0.1) is 18.7 Å². The van der Waals surface area contributed by atoms with Crippen molar-refractivity contribution in [2.24, 2.45) is 5.92 Å². The van der Waals surface area contributed by atoms with Crippen LogP contribution < -0.4 is 15.4 Å². The number of aromatic amines is 1. The molecule has 12 heteroatoms. The van der Waals surface area contributed by atoms with Gasteiger partial charge in [0.2, 0.25) is 5.91 Å². The summed E-state index contributed by atoms with van der Waals surface area (Å²) in [5, 5.41) is 14.2. The van der Waals surface area contributed by atoms with Crippen molar-refractivity contribution in [1.82, 2.24) is 40.5 Å². The van der Waals surface area contributed by atoms with Gasteiger partial charge in [-0.15, -0.1) is 5.10 Å². The van der Waals surface area contributed by atoms with Gasteiger partial charge >= 0.3 is 0 Å². The lowest BCUT2D eigenvalue weighted by Gasteiger charge is -2.24. The van der Waals surface area contributed by atoms with Crippen LogP contribution in [-0.2, 0) is 24.3 Å². The highest BCUT2D eigenvalue weighted by molar-refractivity contribution is 5.99. The second-order valence-corrected chi connectivity index (χ2v) is 9.91.